The van der Waals surface area contributed by atoms with E-state index in [4.69, 9.17) is 4.74 Å². The van der Waals surface area contributed by atoms with Crippen LogP contribution in [0, 0.1) is 0 Å². The Kier molecular flexibility index (Phi) is 7.53. The van der Waals surface area contributed by atoms with Crippen molar-refractivity contribution in [3.05, 3.63) is 29.8 Å². The lowest BCUT2D eigenvalue weighted by Crippen LogP contribution is -2.32. The first-order valence-electron chi connectivity index (χ1n) is 7.21. The van der Waals surface area contributed by atoms with Gasteiger partial charge in [0.05, 0.1) is 7.11 Å². The zero-order valence-corrected chi connectivity index (χ0v) is 12.8. The minimum Gasteiger partial charge on any atom is -0.497 e. The van der Waals surface area contributed by atoms with Gasteiger partial charge in [0.2, 0.25) is 0 Å². The van der Waals surface area contributed by atoms with E-state index >= 15 is 0 Å². The molecule has 1 N–H and O–H groups in total. The quantitative estimate of drug-likeness (QED) is 0.694. The van der Waals surface area contributed by atoms with E-state index in [0.717, 1.165) is 25.4 Å². The minimum absolute atomic E-state index is 0.579. The molecule has 19 heavy (non-hydrogen) atoms. The Hall–Kier alpha value is -1.06. The van der Waals surface area contributed by atoms with Crippen LogP contribution >= 0.6 is 0 Å². The van der Waals surface area contributed by atoms with Crippen molar-refractivity contribution in [2.75, 3.05) is 27.2 Å². The summed E-state index contributed by atoms with van der Waals surface area (Å²) in [7, 11) is 3.90. The minimum atomic E-state index is 0.579. The maximum atomic E-state index is 5.26. The van der Waals surface area contributed by atoms with Crippen LogP contribution < -0.4 is 10.1 Å². The molecule has 0 saturated carbocycles. The molecule has 0 saturated heterocycles. The van der Waals surface area contributed by atoms with Crippen molar-refractivity contribution in [3.8, 4) is 5.75 Å². The number of benzene rings is 1. The van der Waals surface area contributed by atoms with Crippen LogP contribution in [0.5, 0.6) is 5.75 Å². The van der Waals surface area contributed by atoms with Crippen LogP contribution in [0.4, 0.5) is 0 Å². The highest BCUT2D eigenvalue weighted by molar-refractivity contribution is 5.28. The fraction of sp³-hybridized carbons (Fsp3) is 0.625. The van der Waals surface area contributed by atoms with Crippen molar-refractivity contribution >= 4 is 0 Å². The number of methoxy groups -OCH3 is 1. The summed E-state index contributed by atoms with van der Waals surface area (Å²) in [6.07, 6.45) is 2.38. The SMILES string of the molecule is CCCNCCC(C)N(C)Cc1cccc(OC)c1. The van der Waals surface area contributed by atoms with Gasteiger partial charge < -0.3 is 10.1 Å². The first-order chi connectivity index (χ1) is 9.17. The van der Waals surface area contributed by atoms with Crippen LogP contribution in [0.3, 0.4) is 0 Å². The zero-order chi connectivity index (χ0) is 14.1. The second-order valence-corrected chi connectivity index (χ2v) is 5.15. The lowest BCUT2D eigenvalue weighted by atomic mass is 10.1. The fourth-order valence-corrected chi connectivity index (χ4v) is 2.05. The largest absolute Gasteiger partial charge is 0.497 e. The van der Waals surface area contributed by atoms with Crippen LogP contribution in [-0.4, -0.2) is 38.2 Å². The molecular weight excluding hydrogens is 236 g/mol. The number of nitrogens with zero attached hydrogens (tertiary/aromatic N) is 1. The molecule has 0 spiro atoms. The summed E-state index contributed by atoms with van der Waals surface area (Å²) in [5, 5.41) is 3.46. The summed E-state index contributed by atoms with van der Waals surface area (Å²) in [6, 6.07) is 8.88. The standard InChI is InChI=1S/C16H28N2O/c1-5-10-17-11-9-14(2)18(3)13-15-7-6-8-16(12-15)19-4/h6-8,12,14,17H,5,9-11,13H2,1-4H3. The van der Waals surface area contributed by atoms with Gasteiger partial charge in [-0.15, -0.1) is 0 Å². The molecule has 1 atom stereocenters. The number of ether oxygens (including phenoxy) is 1. The van der Waals surface area contributed by atoms with Gasteiger partial charge in [-0.25, -0.2) is 0 Å². The smallest absolute Gasteiger partial charge is 0.119 e. The van der Waals surface area contributed by atoms with Crippen molar-refractivity contribution in [2.45, 2.75) is 39.3 Å². The van der Waals surface area contributed by atoms with E-state index in [9.17, 15) is 0 Å². The van der Waals surface area contributed by atoms with Crippen LogP contribution in [0.1, 0.15) is 32.3 Å². The highest BCUT2D eigenvalue weighted by atomic mass is 16.5. The maximum Gasteiger partial charge on any atom is 0.119 e. The second kappa shape index (κ2) is 8.94. The Balaban J connectivity index is 2.37. The van der Waals surface area contributed by atoms with Crippen molar-refractivity contribution in [2.24, 2.45) is 0 Å². The third kappa shape index (κ3) is 6.08. The van der Waals surface area contributed by atoms with E-state index in [1.807, 2.05) is 6.07 Å². The Morgan fingerprint density at radius 2 is 2.11 bits per heavy atom. The number of nitrogens with one attached hydrogen (secondary N) is 1. The fourth-order valence-electron chi connectivity index (χ4n) is 2.05. The summed E-state index contributed by atoms with van der Waals surface area (Å²) in [6.45, 7) is 7.66. The molecule has 3 nitrogen and oxygen atoms in total. The monoisotopic (exact) mass is 264 g/mol. The summed E-state index contributed by atoms with van der Waals surface area (Å²) in [5.41, 5.74) is 1.30. The molecule has 1 aromatic rings. The molecule has 0 amide bonds. The van der Waals surface area contributed by atoms with Crippen LogP contribution in [0.25, 0.3) is 0 Å². The summed E-state index contributed by atoms with van der Waals surface area (Å²) >= 11 is 0. The predicted molar refractivity (Wildman–Crippen MR) is 81.7 cm³/mol. The van der Waals surface area contributed by atoms with E-state index in [1.165, 1.54) is 18.4 Å². The number of hydrogen-bond acceptors (Lipinski definition) is 3. The van der Waals surface area contributed by atoms with Crippen LogP contribution in [0.15, 0.2) is 24.3 Å². The van der Waals surface area contributed by atoms with E-state index in [1.54, 1.807) is 7.11 Å². The summed E-state index contributed by atoms with van der Waals surface area (Å²) in [5.74, 6) is 0.933. The lowest BCUT2D eigenvalue weighted by Gasteiger charge is -2.25. The van der Waals surface area contributed by atoms with Crippen molar-refractivity contribution in [1.29, 1.82) is 0 Å². The van der Waals surface area contributed by atoms with Gasteiger partial charge in [-0.2, -0.15) is 0 Å². The van der Waals surface area contributed by atoms with Crippen molar-refractivity contribution in [3.63, 3.8) is 0 Å². The van der Waals surface area contributed by atoms with Gasteiger partial charge in [-0.3, -0.25) is 4.90 Å². The molecule has 108 valence electrons. The third-order valence-electron chi connectivity index (χ3n) is 3.48. The molecule has 1 unspecified atom stereocenters. The predicted octanol–water partition coefficient (Wildman–Crippen LogP) is 2.91. The molecule has 0 fully saturated rings. The molecule has 1 aromatic carbocycles. The molecule has 3 heteroatoms. The first kappa shape index (κ1) is 16.0. The van der Waals surface area contributed by atoms with E-state index in [0.29, 0.717) is 6.04 Å². The van der Waals surface area contributed by atoms with Gasteiger partial charge in [0.15, 0.2) is 0 Å². The average molecular weight is 264 g/mol. The van der Waals surface area contributed by atoms with Gasteiger partial charge in [-0.1, -0.05) is 19.1 Å². The summed E-state index contributed by atoms with van der Waals surface area (Å²) in [4.78, 5) is 2.39. The molecule has 0 aliphatic rings. The normalized spacial score (nSPS) is 12.7. The van der Waals surface area contributed by atoms with E-state index < -0.39 is 0 Å². The maximum absolute atomic E-state index is 5.26. The van der Waals surface area contributed by atoms with Crippen LogP contribution in [0.2, 0.25) is 0 Å². The van der Waals surface area contributed by atoms with Gasteiger partial charge in [0.25, 0.3) is 0 Å². The van der Waals surface area contributed by atoms with Gasteiger partial charge in [-0.05, 0) is 57.6 Å². The molecule has 0 aliphatic heterocycles. The molecule has 1 rings (SSSR count). The Morgan fingerprint density at radius 1 is 1.32 bits per heavy atom. The second-order valence-electron chi connectivity index (χ2n) is 5.15. The third-order valence-corrected chi connectivity index (χ3v) is 3.48. The van der Waals surface area contributed by atoms with Crippen molar-refractivity contribution < 1.29 is 4.74 Å². The molecule has 0 bridgehead atoms. The van der Waals surface area contributed by atoms with E-state index in [-0.39, 0.29) is 0 Å². The molecule has 0 heterocycles. The Labute approximate surface area is 118 Å². The Morgan fingerprint density at radius 3 is 2.79 bits per heavy atom. The average Bonchev–Trinajstić information content (AvgIpc) is 2.43. The van der Waals surface area contributed by atoms with Gasteiger partial charge in [0, 0.05) is 12.6 Å². The molecule has 0 aromatic heterocycles. The summed E-state index contributed by atoms with van der Waals surface area (Å²) < 4.78 is 5.26. The lowest BCUT2D eigenvalue weighted by molar-refractivity contribution is 0.236. The Bertz CT molecular complexity index is 354. The topological polar surface area (TPSA) is 24.5 Å². The number of rotatable bonds is 9. The molecular formula is C16H28N2O. The first-order valence-corrected chi connectivity index (χ1v) is 7.21. The number of hydrogen-bond donors (Lipinski definition) is 1. The van der Waals surface area contributed by atoms with Crippen molar-refractivity contribution in [1.82, 2.24) is 10.2 Å². The van der Waals surface area contributed by atoms with Gasteiger partial charge >= 0.3 is 0 Å². The highest BCUT2D eigenvalue weighted by Crippen LogP contribution is 2.15. The highest BCUT2D eigenvalue weighted by Gasteiger charge is 2.09. The molecule has 0 aliphatic carbocycles. The van der Waals surface area contributed by atoms with Gasteiger partial charge in [0.1, 0.15) is 5.75 Å². The zero-order valence-electron chi connectivity index (χ0n) is 12.8. The molecule has 0 radical (unpaired) electrons. The van der Waals surface area contributed by atoms with E-state index in [2.05, 4.69) is 49.3 Å². The van der Waals surface area contributed by atoms with Crippen LogP contribution in [-0.2, 0) is 6.54 Å².